The van der Waals surface area contributed by atoms with Gasteiger partial charge in [0.05, 0.1) is 12.2 Å². The summed E-state index contributed by atoms with van der Waals surface area (Å²) in [4.78, 5) is 33.2. The van der Waals surface area contributed by atoms with E-state index in [1.54, 1.807) is 6.20 Å². The SMILES string of the molecule is CC(C)NC(=O)CCN1CCC[C@@]2(CCC(=O)N(Cc3ccccn3)C2)C1. The van der Waals surface area contributed by atoms with Gasteiger partial charge in [-0.15, -0.1) is 0 Å². The number of amides is 2. The van der Waals surface area contributed by atoms with Crippen LogP contribution < -0.4 is 5.32 Å². The summed E-state index contributed by atoms with van der Waals surface area (Å²) in [6.07, 6.45) is 6.20. The third-order valence-electron chi connectivity index (χ3n) is 5.67. The molecular formula is C21H32N4O2. The number of rotatable bonds is 6. The Morgan fingerprint density at radius 2 is 2.15 bits per heavy atom. The van der Waals surface area contributed by atoms with Crippen LogP contribution in [0.4, 0.5) is 0 Å². The van der Waals surface area contributed by atoms with Gasteiger partial charge in [-0.3, -0.25) is 14.6 Å². The first kappa shape index (κ1) is 19.8. The number of nitrogens with zero attached hydrogens (tertiary/aromatic N) is 3. The molecule has 1 atom stereocenters. The van der Waals surface area contributed by atoms with Gasteiger partial charge in [-0.25, -0.2) is 0 Å². The third kappa shape index (κ3) is 5.51. The lowest BCUT2D eigenvalue weighted by molar-refractivity contribution is -0.140. The molecule has 1 spiro atoms. The highest BCUT2D eigenvalue weighted by molar-refractivity contribution is 5.77. The summed E-state index contributed by atoms with van der Waals surface area (Å²) in [7, 11) is 0. The molecule has 2 saturated heterocycles. The molecule has 0 aromatic carbocycles. The van der Waals surface area contributed by atoms with Gasteiger partial charge in [0.15, 0.2) is 0 Å². The van der Waals surface area contributed by atoms with Crippen molar-refractivity contribution in [1.82, 2.24) is 20.1 Å². The molecule has 3 rings (SSSR count). The number of carbonyl (C=O) groups is 2. The lowest BCUT2D eigenvalue weighted by Crippen LogP contribution is -2.54. The van der Waals surface area contributed by atoms with Crippen molar-refractivity contribution in [2.24, 2.45) is 5.41 Å². The van der Waals surface area contributed by atoms with E-state index >= 15 is 0 Å². The first-order valence-corrected chi connectivity index (χ1v) is 10.2. The van der Waals surface area contributed by atoms with Crippen molar-refractivity contribution in [3.63, 3.8) is 0 Å². The maximum atomic E-state index is 12.5. The van der Waals surface area contributed by atoms with Gasteiger partial charge < -0.3 is 15.1 Å². The zero-order valence-electron chi connectivity index (χ0n) is 16.6. The van der Waals surface area contributed by atoms with Gasteiger partial charge in [-0.2, -0.15) is 0 Å². The molecule has 3 heterocycles. The van der Waals surface area contributed by atoms with Crippen molar-refractivity contribution in [2.45, 2.75) is 58.5 Å². The van der Waals surface area contributed by atoms with E-state index in [1.807, 2.05) is 36.9 Å². The molecule has 27 heavy (non-hydrogen) atoms. The Bertz CT molecular complexity index is 649. The lowest BCUT2D eigenvalue weighted by Gasteiger charge is -2.48. The number of pyridine rings is 1. The molecule has 0 bridgehead atoms. The quantitative estimate of drug-likeness (QED) is 0.831. The minimum atomic E-state index is 0.125. The summed E-state index contributed by atoms with van der Waals surface area (Å²) in [6.45, 7) is 8.20. The van der Waals surface area contributed by atoms with Crippen LogP contribution in [0.25, 0.3) is 0 Å². The Balaban J connectivity index is 1.57. The fourth-order valence-electron chi connectivity index (χ4n) is 4.42. The second-order valence-electron chi connectivity index (χ2n) is 8.42. The summed E-state index contributed by atoms with van der Waals surface area (Å²) in [5.74, 6) is 0.361. The monoisotopic (exact) mass is 372 g/mol. The van der Waals surface area contributed by atoms with E-state index in [0.717, 1.165) is 51.1 Å². The van der Waals surface area contributed by atoms with E-state index in [-0.39, 0.29) is 23.3 Å². The molecule has 0 aliphatic carbocycles. The normalized spacial score (nSPS) is 23.8. The molecule has 0 unspecified atom stereocenters. The Kier molecular flexibility index (Phi) is 6.47. The van der Waals surface area contributed by atoms with Crippen LogP contribution in [0.3, 0.4) is 0 Å². The fourth-order valence-corrected chi connectivity index (χ4v) is 4.42. The summed E-state index contributed by atoms with van der Waals surface area (Å²) < 4.78 is 0. The first-order chi connectivity index (χ1) is 13.0. The highest BCUT2D eigenvalue weighted by Gasteiger charge is 2.41. The molecule has 1 N–H and O–H groups in total. The van der Waals surface area contributed by atoms with Crippen LogP contribution in [-0.4, -0.2) is 58.8 Å². The van der Waals surface area contributed by atoms with Gasteiger partial charge in [0.2, 0.25) is 11.8 Å². The van der Waals surface area contributed by atoms with E-state index in [1.165, 1.54) is 0 Å². The Hall–Kier alpha value is -1.95. The smallest absolute Gasteiger partial charge is 0.222 e. The molecule has 6 heteroatoms. The van der Waals surface area contributed by atoms with Crippen LogP contribution >= 0.6 is 0 Å². The van der Waals surface area contributed by atoms with Crippen LogP contribution in [0.5, 0.6) is 0 Å². The highest BCUT2D eigenvalue weighted by atomic mass is 16.2. The topological polar surface area (TPSA) is 65.5 Å². The lowest BCUT2D eigenvalue weighted by atomic mass is 9.73. The Labute approximate surface area is 162 Å². The van der Waals surface area contributed by atoms with Crippen molar-refractivity contribution < 1.29 is 9.59 Å². The molecule has 0 saturated carbocycles. The third-order valence-corrected chi connectivity index (χ3v) is 5.67. The van der Waals surface area contributed by atoms with Crippen molar-refractivity contribution in [3.05, 3.63) is 30.1 Å². The Morgan fingerprint density at radius 3 is 2.89 bits per heavy atom. The minimum absolute atomic E-state index is 0.125. The number of carbonyl (C=O) groups excluding carboxylic acids is 2. The molecule has 1 aromatic heterocycles. The van der Waals surface area contributed by atoms with Crippen molar-refractivity contribution >= 4 is 11.8 Å². The summed E-state index contributed by atoms with van der Waals surface area (Å²) in [5.41, 5.74) is 1.11. The van der Waals surface area contributed by atoms with Crippen LogP contribution in [0.15, 0.2) is 24.4 Å². The van der Waals surface area contributed by atoms with Gasteiger partial charge in [0.1, 0.15) is 0 Å². The summed E-state index contributed by atoms with van der Waals surface area (Å²) in [5, 5.41) is 2.97. The number of hydrogen-bond acceptors (Lipinski definition) is 4. The number of likely N-dealkylation sites (tertiary alicyclic amines) is 2. The van der Waals surface area contributed by atoms with E-state index < -0.39 is 0 Å². The molecule has 2 amide bonds. The average molecular weight is 373 g/mol. The molecule has 6 nitrogen and oxygen atoms in total. The van der Waals surface area contributed by atoms with Crippen molar-refractivity contribution in [3.8, 4) is 0 Å². The van der Waals surface area contributed by atoms with E-state index in [4.69, 9.17) is 0 Å². The summed E-state index contributed by atoms with van der Waals surface area (Å²) >= 11 is 0. The molecule has 1 aromatic rings. The van der Waals surface area contributed by atoms with Gasteiger partial charge in [-0.05, 0) is 51.8 Å². The number of aromatic nitrogens is 1. The van der Waals surface area contributed by atoms with E-state index in [0.29, 0.717) is 19.4 Å². The minimum Gasteiger partial charge on any atom is -0.354 e. The van der Waals surface area contributed by atoms with Crippen molar-refractivity contribution in [2.75, 3.05) is 26.2 Å². The fraction of sp³-hybridized carbons (Fsp3) is 0.667. The predicted octanol–water partition coefficient (Wildman–Crippen LogP) is 2.20. The maximum Gasteiger partial charge on any atom is 0.222 e. The zero-order valence-corrected chi connectivity index (χ0v) is 16.6. The average Bonchev–Trinajstić information content (AvgIpc) is 2.64. The molecule has 2 aliphatic rings. The zero-order chi connectivity index (χ0) is 19.3. The van der Waals surface area contributed by atoms with Gasteiger partial charge >= 0.3 is 0 Å². The molecule has 2 aliphatic heterocycles. The van der Waals surface area contributed by atoms with Crippen molar-refractivity contribution in [1.29, 1.82) is 0 Å². The van der Waals surface area contributed by atoms with Gasteiger partial charge in [0, 0.05) is 50.1 Å². The first-order valence-electron chi connectivity index (χ1n) is 10.2. The number of nitrogens with one attached hydrogen (secondary N) is 1. The number of hydrogen-bond donors (Lipinski definition) is 1. The van der Waals surface area contributed by atoms with Crippen LogP contribution in [-0.2, 0) is 16.1 Å². The molecule has 148 valence electrons. The Morgan fingerprint density at radius 1 is 1.30 bits per heavy atom. The standard InChI is InChI=1S/C21H32N4O2/c1-17(2)23-19(26)8-13-24-12-5-9-21(15-24)10-7-20(27)25(16-21)14-18-6-3-4-11-22-18/h3-4,6,11,17H,5,7-10,12-16H2,1-2H3,(H,23,26)/t21-/m1/s1. The molecule has 0 radical (unpaired) electrons. The van der Waals surface area contributed by atoms with E-state index in [2.05, 4.69) is 15.2 Å². The van der Waals surface area contributed by atoms with Gasteiger partial charge in [-0.1, -0.05) is 6.07 Å². The summed E-state index contributed by atoms with van der Waals surface area (Å²) in [6, 6.07) is 6.04. The van der Waals surface area contributed by atoms with Gasteiger partial charge in [0.25, 0.3) is 0 Å². The molecule has 2 fully saturated rings. The van der Waals surface area contributed by atoms with Crippen LogP contribution in [0, 0.1) is 5.41 Å². The predicted molar refractivity (Wildman–Crippen MR) is 105 cm³/mol. The second kappa shape index (κ2) is 8.83. The number of piperidine rings is 2. The maximum absolute atomic E-state index is 12.5. The highest BCUT2D eigenvalue weighted by Crippen LogP contribution is 2.39. The van der Waals surface area contributed by atoms with Crippen LogP contribution in [0.2, 0.25) is 0 Å². The van der Waals surface area contributed by atoms with Crippen LogP contribution in [0.1, 0.15) is 51.6 Å². The van der Waals surface area contributed by atoms with E-state index in [9.17, 15) is 9.59 Å². The largest absolute Gasteiger partial charge is 0.354 e. The second-order valence-corrected chi connectivity index (χ2v) is 8.42. The molecular weight excluding hydrogens is 340 g/mol.